The molecule has 1 aliphatic rings. The van der Waals surface area contributed by atoms with Gasteiger partial charge in [-0.05, 0) is 37.7 Å². The molecule has 2 rings (SSSR count). The number of carboxylic acid groups (broad SMARTS) is 1. The summed E-state index contributed by atoms with van der Waals surface area (Å²) < 4.78 is 5.57. The third-order valence-corrected chi connectivity index (χ3v) is 5.12. The maximum Gasteiger partial charge on any atom is 0.314 e. The van der Waals surface area contributed by atoms with E-state index in [9.17, 15) is 9.90 Å². The van der Waals surface area contributed by atoms with Crippen LogP contribution in [0.15, 0.2) is 17.0 Å². The fourth-order valence-electron chi connectivity index (χ4n) is 3.28. The lowest BCUT2D eigenvalue weighted by molar-refractivity contribution is -0.145. The Hall–Kier alpha value is -1.16. The number of thioether (sulfide) groups is 1. The van der Waals surface area contributed by atoms with Crippen LogP contribution in [0.5, 0.6) is 5.75 Å². The summed E-state index contributed by atoms with van der Waals surface area (Å²) in [6.45, 7) is 1.98. The van der Waals surface area contributed by atoms with Gasteiger partial charge in [-0.1, -0.05) is 25.3 Å². The lowest BCUT2D eigenvalue weighted by Gasteiger charge is -2.36. The van der Waals surface area contributed by atoms with Gasteiger partial charge in [-0.15, -0.1) is 11.8 Å². The van der Waals surface area contributed by atoms with Crippen molar-refractivity contribution < 1.29 is 14.6 Å². The first-order chi connectivity index (χ1) is 9.56. The van der Waals surface area contributed by atoms with Gasteiger partial charge in [-0.2, -0.15) is 0 Å². The smallest absolute Gasteiger partial charge is 0.314 e. The number of benzene rings is 1. The molecule has 1 saturated carbocycles. The number of methoxy groups -OCH3 is 1. The molecule has 0 bridgehead atoms. The van der Waals surface area contributed by atoms with Gasteiger partial charge in [0.05, 0.1) is 12.5 Å². The van der Waals surface area contributed by atoms with Crippen molar-refractivity contribution in [3.63, 3.8) is 0 Å². The number of hydrogen-bond donors (Lipinski definition) is 1. The van der Waals surface area contributed by atoms with Gasteiger partial charge in [0.1, 0.15) is 5.75 Å². The van der Waals surface area contributed by atoms with E-state index in [-0.39, 0.29) is 0 Å². The van der Waals surface area contributed by atoms with E-state index < -0.39 is 11.4 Å². The molecule has 0 spiro atoms. The molecule has 20 heavy (non-hydrogen) atoms. The molecule has 110 valence electrons. The van der Waals surface area contributed by atoms with E-state index in [1.165, 1.54) is 0 Å². The lowest BCUT2D eigenvalue weighted by atomic mass is 9.68. The molecule has 1 aromatic rings. The molecule has 4 heteroatoms. The highest BCUT2D eigenvalue weighted by Gasteiger charge is 2.45. The van der Waals surface area contributed by atoms with Crippen molar-refractivity contribution >= 4 is 17.7 Å². The molecule has 0 atom stereocenters. The first-order valence-electron chi connectivity index (χ1n) is 7.02. The molecule has 1 aromatic carbocycles. The van der Waals surface area contributed by atoms with Crippen LogP contribution in [0.4, 0.5) is 0 Å². The second-order valence-corrected chi connectivity index (χ2v) is 6.29. The number of carboxylic acids is 1. The molecular formula is C16H22O3S. The molecule has 0 saturated heterocycles. The monoisotopic (exact) mass is 294 g/mol. The highest BCUT2D eigenvalue weighted by molar-refractivity contribution is 7.98. The number of hydrogen-bond acceptors (Lipinski definition) is 3. The fraction of sp³-hybridized carbons (Fsp3) is 0.562. The summed E-state index contributed by atoms with van der Waals surface area (Å²) in [6.07, 6.45) is 6.46. The second-order valence-electron chi connectivity index (χ2n) is 5.44. The van der Waals surface area contributed by atoms with Crippen molar-refractivity contribution in [2.24, 2.45) is 0 Å². The highest BCUT2D eigenvalue weighted by atomic mass is 32.2. The summed E-state index contributed by atoms with van der Waals surface area (Å²) >= 11 is 1.60. The number of rotatable bonds is 4. The van der Waals surface area contributed by atoms with Crippen LogP contribution in [0.2, 0.25) is 0 Å². The minimum Gasteiger partial charge on any atom is -0.496 e. The Kier molecular flexibility index (Phi) is 4.63. The molecule has 1 aliphatic carbocycles. The Morgan fingerprint density at radius 1 is 1.30 bits per heavy atom. The highest BCUT2D eigenvalue weighted by Crippen LogP contribution is 2.48. The van der Waals surface area contributed by atoms with Gasteiger partial charge >= 0.3 is 5.97 Å². The van der Waals surface area contributed by atoms with E-state index in [1.54, 1.807) is 18.9 Å². The minimum absolute atomic E-state index is 0.704. The molecule has 1 N–H and O–H groups in total. The zero-order valence-corrected chi connectivity index (χ0v) is 13.2. The molecule has 0 unspecified atom stereocenters. The van der Waals surface area contributed by atoms with Crippen LogP contribution < -0.4 is 4.74 Å². The van der Waals surface area contributed by atoms with E-state index in [4.69, 9.17) is 4.74 Å². The van der Waals surface area contributed by atoms with Crippen LogP contribution in [-0.2, 0) is 10.2 Å². The standard InChI is InChI=1S/C16H22O3S/c1-11-7-8-12(20-3)13(14(11)19-2)16(15(17)18)9-5-4-6-10-16/h7-8H,4-6,9-10H2,1-3H3,(H,17,18). The average molecular weight is 294 g/mol. The van der Waals surface area contributed by atoms with Crippen molar-refractivity contribution in [3.8, 4) is 5.75 Å². The summed E-state index contributed by atoms with van der Waals surface area (Å²) in [4.78, 5) is 13.1. The predicted molar refractivity (Wildman–Crippen MR) is 81.9 cm³/mol. The van der Waals surface area contributed by atoms with Gasteiger partial charge in [-0.25, -0.2) is 0 Å². The van der Waals surface area contributed by atoms with Gasteiger partial charge < -0.3 is 9.84 Å². The predicted octanol–water partition coefficient (Wildman–Crippen LogP) is 4.01. The van der Waals surface area contributed by atoms with Crippen LogP contribution in [0.3, 0.4) is 0 Å². The molecule has 0 aliphatic heterocycles. The average Bonchev–Trinajstić information content (AvgIpc) is 2.47. The van der Waals surface area contributed by atoms with Crippen LogP contribution in [0, 0.1) is 6.92 Å². The minimum atomic E-state index is -0.784. The summed E-state index contributed by atoms with van der Waals surface area (Å²) in [5.41, 5.74) is 1.11. The zero-order chi connectivity index (χ0) is 14.8. The summed E-state index contributed by atoms with van der Waals surface area (Å²) in [6, 6.07) is 4.03. The van der Waals surface area contributed by atoms with Crippen LogP contribution in [0.1, 0.15) is 43.2 Å². The number of ether oxygens (including phenoxy) is 1. The Labute approximate surface area is 124 Å². The normalized spacial score (nSPS) is 17.8. The van der Waals surface area contributed by atoms with Crippen LogP contribution in [0.25, 0.3) is 0 Å². The summed E-state index contributed by atoms with van der Waals surface area (Å²) in [5, 5.41) is 9.91. The molecule has 0 aromatic heterocycles. The quantitative estimate of drug-likeness (QED) is 0.852. The van der Waals surface area contributed by atoms with Gasteiger partial charge in [0, 0.05) is 10.5 Å². The second kappa shape index (κ2) is 6.08. The van der Waals surface area contributed by atoms with Crippen LogP contribution in [-0.4, -0.2) is 24.4 Å². The maximum atomic E-state index is 12.1. The number of aliphatic carboxylic acids is 1. The lowest BCUT2D eigenvalue weighted by Crippen LogP contribution is -2.38. The van der Waals surface area contributed by atoms with Gasteiger partial charge in [-0.3, -0.25) is 4.79 Å². The third-order valence-electron chi connectivity index (χ3n) is 4.34. The molecule has 0 amide bonds. The zero-order valence-electron chi connectivity index (χ0n) is 12.4. The first kappa shape index (κ1) is 15.2. The fourth-order valence-corrected chi connectivity index (χ4v) is 3.98. The van der Waals surface area contributed by atoms with E-state index in [0.29, 0.717) is 12.8 Å². The van der Waals surface area contributed by atoms with Gasteiger partial charge in [0.25, 0.3) is 0 Å². The largest absolute Gasteiger partial charge is 0.496 e. The van der Waals surface area contributed by atoms with E-state index in [0.717, 1.165) is 41.0 Å². The Morgan fingerprint density at radius 3 is 2.45 bits per heavy atom. The van der Waals surface area contributed by atoms with Crippen molar-refractivity contribution in [1.29, 1.82) is 0 Å². The Balaban J connectivity index is 2.69. The molecule has 0 radical (unpaired) electrons. The molecule has 3 nitrogen and oxygen atoms in total. The van der Waals surface area contributed by atoms with Gasteiger partial charge in [0.15, 0.2) is 0 Å². The first-order valence-corrected chi connectivity index (χ1v) is 8.25. The van der Waals surface area contributed by atoms with Crippen LogP contribution >= 0.6 is 11.8 Å². The number of carbonyl (C=O) groups is 1. The molecule has 1 fully saturated rings. The Bertz CT molecular complexity index is 505. The van der Waals surface area contributed by atoms with Crippen molar-refractivity contribution in [2.45, 2.75) is 49.3 Å². The Morgan fingerprint density at radius 2 is 1.95 bits per heavy atom. The molecular weight excluding hydrogens is 272 g/mol. The van der Waals surface area contributed by atoms with E-state index in [1.807, 2.05) is 25.3 Å². The van der Waals surface area contributed by atoms with Crippen molar-refractivity contribution in [2.75, 3.05) is 13.4 Å². The summed E-state index contributed by atoms with van der Waals surface area (Å²) in [7, 11) is 1.63. The SMILES string of the molecule is COc1c(C)ccc(SC)c1C1(C(=O)O)CCCCC1. The number of aryl methyl sites for hydroxylation is 1. The maximum absolute atomic E-state index is 12.1. The third kappa shape index (κ3) is 2.41. The summed E-state index contributed by atoms with van der Waals surface area (Å²) in [5.74, 6) is 0.0394. The van der Waals surface area contributed by atoms with Crippen molar-refractivity contribution in [3.05, 3.63) is 23.3 Å². The topological polar surface area (TPSA) is 46.5 Å². The van der Waals surface area contributed by atoms with E-state index in [2.05, 4.69) is 0 Å². The van der Waals surface area contributed by atoms with E-state index >= 15 is 0 Å². The van der Waals surface area contributed by atoms with Gasteiger partial charge in [0.2, 0.25) is 0 Å². The molecule has 0 heterocycles. The van der Waals surface area contributed by atoms with Crippen molar-refractivity contribution in [1.82, 2.24) is 0 Å².